The van der Waals surface area contributed by atoms with Crippen molar-refractivity contribution in [2.75, 3.05) is 19.6 Å². The zero-order chi connectivity index (χ0) is 20.3. The second kappa shape index (κ2) is 8.30. The number of likely N-dealkylation sites (tertiary alicyclic amines) is 1. The fourth-order valence-electron chi connectivity index (χ4n) is 3.19. The van der Waals surface area contributed by atoms with Gasteiger partial charge >= 0.3 is 6.18 Å². The number of amides is 2. The number of alkyl halides is 3. The SMILES string of the molecule is CCNC(=O)C1CCCN(C(=O)c2csc(-c3cccc(C(F)(F)F)c3)n2)C1. The Balaban J connectivity index is 1.75. The summed E-state index contributed by atoms with van der Waals surface area (Å²) in [6.07, 6.45) is -2.99. The number of hydrogen-bond donors (Lipinski definition) is 1. The molecule has 1 aromatic carbocycles. The number of aromatic nitrogens is 1. The van der Waals surface area contributed by atoms with E-state index < -0.39 is 11.7 Å². The average molecular weight is 411 g/mol. The fraction of sp³-hybridized carbons (Fsp3) is 0.421. The van der Waals surface area contributed by atoms with Crippen molar-refractivity contribution in [2.45, 2.75) is 25.9 Å². The molecule has 2 heterocycles. The highest BCUT2D eigenvalue weighted by atomic mass is 32.1. The first-order chi connectivity index (χ1) is 13.3. The van der Waals surface area contributed by atoms with Crippen LogP contribution in [-0.4, -0.2) is 41.3 Å². The third kappa shape index (κ3) is 4.52. The Hall–Kier alpha value is -2.42. The van der Waals surface area contributed by atoms with Crippen LogP contribution in [0.25, 0.3) is 10.6 Å². The number of carbonyl (C=O) groups is 2. The number of halogens is 3. The van der Waals surface area contributed by atoms with Gasteiger partial charge in [-0.1, -0.05) is 12.1 Å². The molecule has 28 heavy (non-hydrogen) atoms. The molecule has 9 heteroatoms. The number of thiazole rings is 1. The zero-order valence-corrected chi connectivity index (χ0v) is 16.1. The number of nitrogens with one attached hydrogen (secondary N) is 1. The normalized spacial score (nSPS) is 17.4. The smallest absolute Gasteiger partial charge is 0.356 e. The van der Waals surface area contributed by atoms with Crippen LogP contribution in [0.5, 0.6) is 0 Å². The number of piperidine rings is 1. The quantitative estimate of drug-likeness (QED) is 0.832. The minimum absolute atomic E-state index is 0.0667. The van der Waals surface area contributed by atoms with Gasteiger partial charge in [-0.05, 0) is 31.9 Å². The van der Waals surface area contributed by atoms with Crippen LogP contribution in [0, 0.1) is 5.92 Å². The molecule has 1 unspecified atom stereocenters. The van der Waals surface area contributed by atoms with Crippen molar-refractivity contribution in [3.63, 3.8) is 0 Å². The number of benzene rings is 1. The summed E-state index contributed by atoms with van der Waals surface area (Å²) in [6, 6.07) is 4.88. The molecule has 0 spiro atoms. The minimum atomic E-state index is -4.44. The zero-order valence-electron chi connectivity index (χ0n) is 15.3. The van der Waals surface area contributed by atoms with Gasteiger partial charge in [0, 0.05) is 30.6 Å². The van der Waals surface area contributed by atoms with Crippen molar-refractivity contribution in [2.24, 2.45) is 5.92 Å². The lowest BCUT2D eigenvalue weighted by atomic mass is 9.97. The number of nitrogens with zero attached hydrogens (tertiary/aromatic N) is 2. The molecule has 0 saturated carbocycles. The standard InChI is InChI=1S/C19H20F3N3O2S/c1-2-23-16(26)13-6-4-8-25(10-13)18(27)15-11-28-17(24-15)12-5-3-7-14(9-12)19(20,21)22/h3,5,7,9,11,13H,2,4,6,8,10H2,1H3,(H,23,26). The molecule has 2 amide bonds. The molecule has 1 saturated heterocycles. The van der Waals surface area contributed by atoms with E-state index in [1.165, 1.54) is 12.1 Å². The molecule has 1 aliphatic rings. The highest BCUT2D eigenvalue weighted by molar-refractivity contribution is 7.13. The molecule has 0 bridgehead atoms. The molecular formula is C19H20F3N3O2S. The van der Waals surface area contributed by atoms with E-state index >= 15 is 0 Å². The maximum atomic E-state index is 12.9. The lowest BCUT2D eigenvalue weighted by Crippen LogP contribution is -2.45. The second-order valence-corrected chi connectivity index (χ2v) is 7.46. The Morgan fingerprint density at radius 2 is 2.14 bits per heavy atom. The molecule has 5 nitrogen and oxygen atoms in total. The number of rotatable bonds is 4. The molecule has 0 aliphatic carbocycles. The summed E-state index contributed by atoms with van der Waals surface area (Å²) in [5.41, 5.74) is -0.249. The first kappa shape index (κ1) is 20.3. The third-order valence-electron chi connectivity index (χ3n) is 4.59. The van der Waals surface area contributed by atoms with E-state index in [4.69, 9.17) is 0 Å². The molecular weight excluding hydrogens is 391 g/mol. The van der Waals surface area contributed by atoms with Crippen molar-refractivity contribution < 1.29 is 22.8 Å². The molecule has 0 radical (unpaired) electrons. The second-order valence-electron chi connectivity index (χ2n) is 6.60. The van der Waals surface area contributed by atoms with Crippen LogP contribution in [0.4, 0.5) is 13.2 Å². The van der Waals surface area contributed by atoms with Crippen molar-refractivity contribution >= 4 is 23.2 Å². The monoisotopic (exact) mass is 411 g/mol. The lowest BCUT2D eigenvalue weighted by Gasteiger charge is -2.31. The predicted molar refractivity (Wildman–Crippen MR) is 99.9 cm³/mol. The summed E-state index contributed by atoms with van der Waals surface area (Å²) in [6.45, 7) is 3.23. The predicted octanol–water partition coefficient (Wildman–Crippen LogP) is 3.82. The van der Waals surface area contributed by atoms with Gasteiger partial charge in [-0.3, -0.25) is 9.59 Å². The van der Waals surface area contributed by atoms with Gasteiger partial charge in [0.2, 0.25) is 5.91 Å². The largest absolute Gasteiger partial charge is 0.416 e. The van der Waals surface area contributed by atoms with Gasteiger partial charge in [0.25, 0.3) is 5.91 Å². The van der Waals surface area contributed by atoms with E-state index in [1.54, 1.807) is 10.3 Å². The number of hydrogen-bond acceptors (Lipinski definition) is 4. The summed E-state index contributed by atoms with van der Waals surface area (Å²) in [5.74, 6) is -0.620. The number of carbonyl (C=O) groups excluding carboxylic acids is 2. The third-order valence-corrected chi connectivity index (χ3v) is 5.48. The van der Waals surface area contributed by atoms with Gasteiger partial charge in [0.15, 0.2) is 0 Å². The molecule has 3 rings (SSSR count). The van der Waals surface area contributed by atoms with Gasteiger partial charge in [0.1, 0.15) is 10.7 Å². The van der Waals surface area contributed by atoms with Crippen LogP contribution < -0.4 is 5.32 Å². The van der Waals surface area contributed by atoms with E-state index in [9.17, 15) is 22.8 Å². The average Bonchev–Trinajstić information content (AvgIpc) is 3.17. The molecule has 1 aliphatic heterocycles. The van der Waals surface area contributed by atoms with Crippen molar-refractivity contribution in [1.82, 2.24) is 15.2 Å². The Labute approximate surface area is 164 Å². The Morgan fingerprint density at radius 3 is 2.86 bits per heavy atom. The van der Waals surface area contributed by atoms with E-state index in [-0.39, 0.29) is 23.4 Å². The van der Waals surface area contributed by atoms with Crippen LogP contribution in [0.15, 0.2) is 29.6 Å². The molecule has 1 fully saturated rings. The first-order valence-corrected chi connectivity index (χ1v) is 9.87. The van der Waals surface area contributed by atoms with Gasteiger partial charge in [0.05, 0.1) is 11.5 Å². The van der Waals surface area contributed by atoms with E-state index in [1.807, 2.05) is 6.92 Å². The fourth-order valence-corrected chi connectivity index (χ4v) is 3.98. The summed E-state index contributed by atoms with van der Waals surface area (Å²) >= 11 is 1.12. The Morgan fingerprint density at radius 1 is 1.36 bits per heavy atom. The Bertz CT molecular complexity index is 866. The van der Waals surface area contributed by atoms with Crippen LogP contribution >= 0.6 is 11.3 Å². The van der Waals surface area contributed by atoms with E-state index in [0.717, 1.165) is 36.3 Å². The summed E-state index contributed by atoms with van der Waals surface area (Å²) in [5, 5.41) is 4.68. The van der Waals surface area contributed by atoms with Crippen molar-refractivity contribution in [3.8, 4) is 10.6 Å². The van der Waals surface area contributed by atoms with Gasteiger partial charge in [-0.2, -0.15) is 13.2 Å². The van der Waals surface area contributed by atoms with Crippen LogP contribution in [0.1, 0.15) is 35.8 Å². The highest BCUT2D eigenvalue weighted by Gasteiger charge is 2.31. The molecule has 2 aromatic rings. The van der Waals surface area contributed by atoms with Crippen LogP contribution in [-0.2, 0) is 11.0 Å². The molecule has 1 N–H and O–H groups in total. The highest BCUT2D eigenvalue weighted by Crippen LogP contribution is 2.33. The van der Waals surface area contributed by atoms with Gasteiger partial charge in [-0.15, -0.1) is 11.3 Å². The first-order valence-electron chi connectivity index (χ1n) is 8.99. The summed E-state index contributed by atoms with van der Waals surface area (Å²) < 4.78 is 38.7. The van der Waals surface area contributed by atoms with Crippen LogP contribution in [0.2, 0.25) is 0 Å². The summed E-state index contributed by atoms with van der Waals surface area (Å²) in [4.78, 5) is 30.6. The molecule has 1 atom stereocenters. The van der Waals surface area contributed by atoms with E-state index in [0.29, 0.717) is 30.2 Å². The van der Waals surface area contributed by atoms with Crippen molar-refractivity contribution in [1.29, 1.82) is 0 Å². The van der Waals surface area contributed by atoms with Gasteiger partial charge < -0.3 is 10.2 Å². The Kier molecular flexibility index (Phi) is 6.02. The maximum absolute atomic E-state index is 12.9. The molecule has 1 aromatic heterocycles. The minimum Gasteiger partial charge on any atom is -0.356 e. The molecule has 150 valence electrons. The van der Waals surface area contributed by atoms with Crippen molar-refractivity contribution in [3.05, 3.63) is 40.9 Å². The summed E-state index contributed by atoms with van der Waals surface area (Å²) in [7, 11) is 0. The van der Waals surface area contributed by atoms with Crippen LogP contribution in [0.3, 0.4) is 0 Å². The van der Waals surface area contributed by atoms with Gasteiger partial charge in [-0.25, -0.2) is 4.98 Å². The topological polar surface area (TPSA) is 62.3 Å². The lowest BCUT2D eigenvalue weighted by molar-refractivity contribution is -0.137. The maximum Gasteiger partial charge on any atom is 0.416 e. The van der Waals surface area contributed by atoms with E-state index in [2.05, 4.69) is 10.3 Å².